The Balaban J connectivity index is 1.56. The highest BCUT2D eigenvalue weighted by molar-refractivity contribution is 5.86. The number of ether oxygens (including phenoxy) is 1. The maximum absolute atomic E-state index is 13.9. The molecule has 1 fully saturated rings. The number of benzene rings is 2. The highest BCUT2D eigenvalue weighted by Crippen LogP contribution is 2.28. The van der Waals surface area contributed by atoms with Gasteiger partial charge in [0.25, 0.3) is 5.56 Å². The van der Waals surface area contributed by atoms with Crippen molar-refractivity contribution in [3.05, 3.63) is 71.4 Å². The van der Waals surface area contributed by atoms with Gasteiger partial charge in [0.1, 0.15) is 5.75 Å². The number of imidazole rings is 1. The van der Waals surface area contributed by atoms with Gasteiger partial charge >= 0.3 is 6.61 Å². The van der Waals surface area contributed by atoms with Crippen molar-refractivity contribution < 1.29 is 13.5 Å². The molecule has 3 heterocycles. The van der Waals surface area contributed by atoms with E-state index in [4.69, 9.17) is 0 Å². The first-order chi connectivity index (χ1) is 17.0. The van der Waals surface area contributed by atoms with Crippen molar-refractivity contribution in [3.63, 3.8) is 0 Å². The highest BCUT2D eigenvalue weighted by Gasteiger charge is 2.23. The molecule has 0 spiro atoms. The molecule has 3 aromatic heterocycles. The van der Waals surface area contributed by atoms with E-state index in [9.17, 15) is 13.6 Å². The molecule has 2 aromatic carbocycles. The number of nitrogens with zero attached hydrogens (tertiary/aromatic N) is 5. The smallest absolute Gasteiger partial charge is 0.387 e. The van der Waals surface area contributed by atoms with Crippen molar-refractivity contribution in [2.75, 3.05) is 5.32 Å². The topological polar surface area (TPSA) is 86.9 Å². The molecule has 0 aliphatic heterocycles. The van der Waals surface area contributed by atoms with Crippen molar-refractivity contribution >= 4 is 28.0 Å². The average molecular weight is 474 g/mol. The lowest BCUT2D eigenvalue weighted by Crippen LogP contribution is -2.22. The van der Waals surface area contributed by atoms with Crippen LogP contribution < -0.4 is 15.6 Å². The Morgan fingerprint density at radius 3 is 2.63 bits per heavy atom. The molecule has 176 valence electrons. The Morgan fingerprint density at radius 1 is 1.09 bits per heavy atom. The van der Waals surface area contributed by atoms with Crippen LogP contribution in [0.25, 0.3) is 38.9 Å². The van der Waals surface area contributed by atoms with E-state index in [-0.39, 0.29) is 11.3 Å². The Labute approximate surface area is 197 Å². The Morgan fingerprint density at radius 2 is 1.89 bits per heavy atom. The molecule has 0 saturated heterocycles. The van der Waals surface area contributed by atoms with Crippen LogP contribution in [0.1, 0.15) is 12.8 Å². The number of hydrogen-bond donors (Lipinski definition) is 1. The maximum Gasteiger partial charge on any atom is 0.387 e. The molecule has 0 atom stereocenters. The van der Waals surface area contributed by atoms with Gasteiger partial charge < -0.3 is 14.6 Å². The number of nitrogens with one attached hydrogen (secondary N) is 1. The fraction of sp³-hybridized carbons (Fsp3) is 0.200. The molecule has 8 nitrogen and oxygen atoms in total. The molecule has 0 bridgehead atoms. The van der Waals surface area contributed by atoms with E-state index in [1.807, 2.05) is 29.8 Å². The molecule has 1 aliphatic rings. The van der Waals surface area contributed by atoms with Gasteiger partial charge in [-0.2, -0.15) is 13.8 Å². The molecule has 0 unspecified atom stereocenters. The van der Waals surface area contributed by atoms with E-state index >= 15 is 0 Å². The summed E-state index contributed by atoms with van der Waals surface area (Å²) < 4.78 is 33.1. The summed E-state index contributed by atoms with van der Waals surface area (Å²) >= 11 is 0. The van der Waals surface area contributed by atoms with Crippen molar-refractivity contribution in [2.24, 2.45) is 7.05 Å². The first-order valence-electron chi connectivity index (χ1n) is 11.1. The first kappa shape index (κ1) is 21.2. The predicted octanol–water partition coefficient (Wildman–Crippen LogP) is 4.51. The number of halogens is 2. The van der Waals surface area contributed by atoms with Crippen molar-refractivity contribution in [1.29, 1.82) is 0 Å². The Bertz CT molecular complexity index is 1620. The van der Waals surface area contributed by atoms with Gasteiger partial charge in [-0.3, -0.25) is 9.36 Å². The first-order valence-corrected chi connectivity index (χ1v) is 11.1. The molecule has 0 amide bonds. The average Bonchev–Trinajstić information content (AvgIpc) is 3.59. The number of aryl methyl sites for hydroxylation is 1. The van der Waals surface area contributed by atoms with Gasteiger partial charge in [0.15, 0.2) is 5.65 Å². The van der Waals surface area contributed by atoms with Gasteiger partial charge in [-0.1, -0.05) is 6.07 Å². The molecule has 10 heteroatoms. The molecule has 0 radical (unpaired) electrons. The summed E-state index contributed by atoms with van der Waals surface area (Å²) in [6.45, 7) is -2.93. The monoisotopic (exact) mass is 474 g/mol. The number of anilines is 1. The summed E-state index contributed by atoms with van der Waals surface area (Å²) in [6, 6.07) is 13.7. The lowest BCUT2D eigenvalue weighted by Gasteiger charge is -2.14. The van der Waals surface area contributed by atoms with Crippen LogP contribution in [-0.2, 0) is 7.05 Å². The molecule has 35 heavy (non-hydrogen) atoms. The number of hydrogen-bond acceptors (Lipinski definition) is 6. The van der Waals surface area contributed by atoms with Crippen LogP contribution in [0.5, 0.6) is 5.75 Å². The lowest BCUT2D eigenvalue weighted by molar-refractivity contribution is -0.0498. The van der Waals surface area contributed by atoms with Crippen LogP contribution in [-0.4, -0.2) is 36.7 Å². The van der Waals surface area contributed by atoms with E-state index in [0.29, 0.717) is 34.3 Å². The Hall–Kier alpha value is -4.34. The number of pyridine rings is 1. The SMILES string of the molecule is Cn1cnc2ccc(-c3cc4cnc(NC5CC5)nc4n(-c4ccc(OC(F)F)cc4)c3=O)cc21. The van der Waals surface area contributed by atoms with Crippen molar-refractivity contribution in [1.82, 2.24) is 24.1 Å². The quantitative estimate of drug-likeness (QED) is 0.390. The molecule has 1 N–H and O–H groups in total. The molecular formula is C25H20F2N6O2. The predicted molar refractivity (Wildman–Crippen MR) is 128 cm³/mol. The molecule has 1 aliphatic carbocycles. The maximum atomic E-state index is 13.9. The summed E-state index contributed by atoms with van der Waals surface area (Å²) in [7, 11) is 1.89. The minimum absolute atomic E-state index is 0.00429. The summed E-state index contributed by atoms with van der Waals surface area (Å²) in [6.07, 6.45) is 5.51. The molecular weight excluding hydrogens is 454 g/mol. The standard InChI is InChI=1S/C25H20F2N6O2/c1-32-13-29-20-9-2-14(11-21(20)32)19-10-15-12-28-25(30-16-3-4-16)31-22(15)33(23(19)34)17-5-7-18(8-6-17)35-24(26)27/h2,5-13,16,24H,3-4H2,1H3,(H,28,30,31). The van der Waals surface area contributed by atoms with Gasteiger partial charge in [-0.25, -0.2) is 9.97 Å². The third kappa shape index (κ3) is 3.96. The van der Waals surface area contributed by atoms with Crippen molar-refractivity contribution in [2.45, 2.75) is 25.5 Å². The third-order valence-electron chi connectivity index (χ3n) is 6.01. The van der Waals surface area contributed by atoms with Crippen LogP contribution in [0.2, 0.25) is 0 Å². The Kier molecular flexibility index (Phi) is 4.94. The summed E-state index contributed by atoms with van der Waals surface area (Å²) in [4.78, 5) is 27.3. The van der Waals surface area contributed by atoms with Crippen LogP contribution in [0, 0.1) is 0 Å². The number of alkyl halides is 2. The van der Waals surface area contributed by atoms with Gasteiger partial charge in [-0.05, 0) is 60.9 Å². The van der Waals surface area contributed by atoms with Crippen LogP contribution in [0.15, 0.2) is 65.8 Å². The van der Waals surface area contributed by atoms with E-state index in [1.165, 1.54) is 16.7 Å². The lowest BCUT2D eigenvalue weighted by atomic mass is 10.0. The second kappa shape index (κ2) is 8.15. The second-order valence-electron chi connectivity index (χ2n) is 8.52. The zero-order valence-corrected chi connectivity index (χ0v) is 18.7. The normalized spacial score (nSPS) is 13.6. The van der Waals surface area contributed by atoms with E-state index < -0.39 is 6.61 Å². The van der Waals surface area contributed by atoms with Crippen molar-refractivity contribution in [3.8, 4) is 22.6 Å². The molecule has 1 saturated carbocycles. The van der Waals surface area contributed by atoms with Gasteiger partial charge in [0.2, 0.25) is 5.95 Å². The molecule has 6 rings (SSSR count). The molecule has 5 aromatic rings. The van der Waals surface area contributed by atoms with Crippen LogP contribution in [0.3, 0.4) is 0 Å². The number of aromatic nitrogens is 5. The largest absolute Gasteiger partial charge is 0.435 e. The highest BCUT2D eigenvalue weighted by atomic mass is 19.3. The van der Waals surface area contributed by atoms with Crippen LogP contribution in [0.4, 0.5) is 14.7 Å². The van der Waals surface area contributed by atoms with Gasteiger partial charge in [-0.15, -0.1) is 0 Å². The van der Waals surface area contributed by atoms with E-state index in [1.54, 1.807) is 30.7 Å². The fourth-order valence-electron chi connectivity index (χ4n) is 4.09. The third-order valence-corrected chi connectivity index (χ3v) is 6.01. The number of fused-ring (bicyclic) bond motifs is 2. The zero-order valence-electron chi connectivity index (χ0n) is 18.7. The minimum Gasteiger partial charge on any atom is -0.435 e. The van der Waals surface area contributed by atoms with Crippen LogP contribution >= 0.6 is 0 Å². The number of rotatable bonds is 6. The fourth-order valence-corrected chi connectivity index (χ4v) is 4.09. The van der Waals surface area contributed by atoms with Gasteiger partial charge in [0.05, 0.1) is 23.0 Å². The van der Waals surface area contributed by atoms with E-state index in [2.05, 4.69) is 25.0 Å². The summed E-state index contributed by atoms with van der Waals surface area (Å²) in [5.41, 5.74) is 3.49. The van der Waals surface area contributed by atoms with Gasteiger partial charge in [0, 0.05) is 30.2 Å². The summed E-state index contributed by atoms with van der Waals surface area (Å²) in [5.74, 6) is 0.444. The summed E-state index contributed by atoms with van der Waals surface area (Å²) in [5, 5.41) is 3.92. The zero-order chi connectivity index (χ0) is 24.1. The minimum atomic E-state index is -2.93. The second-order valence-corrected chi connectivity index (χ2v) is 8.52. The van der Waals surface area contributed by atoms with E-state index in [0.717, 1.165) is 29.4 Å².